The fraction of sp³-hybridized carbons (Fsp3) is 1.00. The molecule has 1 unspecified atom stereocenters. The minimum absolute atomic E-state index is 0.738. The van der Waals surface area contributed by atoms with Crippen molar-refractivity contribution in [3.63, 3.8) is 0 Å². The van der Waals surface area contributed by atoms with Crippen molar-refractivity contribution in [1.29, 1.82) is 0 Å². The number of thiol groups is 1. The molecule has 0 aromatic rings. The maximum absolute atomic E-state index is 5.19. The molecular weight excluding hydrogens is 201 g/mol. The Hall–Kier alpha value is 0.880. The third kappa shape index (κ3) is 2.68. The van der Waals surface area contributed by atoms with E-state index in [1.54, 1.807) is 7.11 Å². The predicted octanol–water partition coefficient (Wildman–Crippen LogP) is 1.12. The van der Waals surface area contributed by atoms with Crippen LogP contribution >= 0.6 is 17.9 Å². The zero-order chi connectivity index (χ0) is 8.32. The smallest absolute Gasteiger partial charge is 0.185 e. The van der Waals surface area contributed by atoms with E-state index >= 15 is 0 Å². The molecule has 1 rings (SSSR count). The zero-order valence-corrected chi connectivity index (χ0v) is 9.00. The van der Waals surface area contributed by atoms with E-state index in [-0.39, 0.29) is 0 Å². The molecule has 1 saturated heterocycles. The summed E-state index contributed by atoms with van der Waals surface area (Å²) in [6.45, 7) is 3.16. The maximum atomic E-state index is 5.19. The van der Waals surface area contributed by atoms with Crippen LogP contribution in [-0.4, -0.2) is 38.1 Å². The molecule has 0 spiro atoms. The van der Waals surface area contributed by atoms with Gasteiger partial charge < -0.3 is 9.26 Å². The lowest BCUT2D eigenvalue weighted by Gasteiger charge is -2.32. The second-order valence-corrected chi connectivity index (χ2v) is 8.07. The molecule has 11 heavy (non-hydrogen) atoms. The van der Waals surface area contributed by atoms with Gasteiger partial charge >= 0.3 is 0 Å². The first-order valence-electron chi connectivity index (χ1n) is 3.38. The molecule has 1 heterocycles. The predicted molar refractivity (Wildman–Crippen MR) is 52.7 cm³/mol. The van der Waals surface area contributed by atoms with Crippen LogP contribution in [0.15, 0.2) is 0 Å². The second-order valence-electron chi connectivity index (χ2n) is 2.24. The molecule has 1 fully saturated rings. The van der Waals surface area contributed by atoms with Crippen molar-refractivity contribution in [1.82, 2.24) is 4.67 Å². The molecule has 0 aromatic carbocycles. The summed E-state index contributed by atoms with van der Waals surface area (Å²) in [5.41, 5.74) is -1.97. The molecule has 0 aromatic heterocycles. The summed E-state index contributed by atoms with van der Waals surface area (Å²) in [5, 5.41) is 0. The van der Waals surface area contributed by atoms with Gasteiger partial charge in [0.05, 0.1) is 13.2 Å². The van der Waals surface area contributed by atoms with E-state index in [9.17, 15) is 0 Å². The molecule has 0 bridgehead atoms. The average Bonchev–Trinajstić information content (AvgIpc) is 2.06. The molecule has 0 radical (unpaired) electrons. The van der Waals surface area contributed by atoms with E-state index in [0.717, 1.165) is 26.3 Å². The van der Waals surface area contributed by atoms with Gasteiger partial charge in [-0.25, -0.2) is 4.67 Å². The number of nitrogens with zero attached hydrogens (tertiary/aromatic N) is 1. The lowest BCUT2D eigenvalue weighted by Crippen LogP contribution is -2.32. The Morgan fingerprint density at radius 1 is 1.55 bits per heavy atom. The van der Waals surface area contributed by atoms with Gasteiger partial charge in [-0.05, 0) is 11.8 Å². The second kappa shape index (κ2) is 4.21. The molecule has 1 aliphatic rings. The van der Waals surface area contributed by atoms with Gasteiger partial charge in [0.1, 0.15) is 0 Å². The molecule has 6 heteroatoms. The molecule has 3 nitrogen and oxygen atoms in total. The lowest BCUT2D eigenvalue weighted by atomic mass is 10.5. The number of hydrogen-bond acceptors (Lipinski definition) is 3. The summed E-state index contributed by atoms with van der Waals surface area (Å²) in [6.07, 6.45) is 0. The third-order valence-electron chi connectivity index (χ3n) is 1.58. The summed E-state index contributed by atoms with van der Waals surface area (Å²) in [6, 6.07) is 0. The van der Waals surface area contributed by atoms with E-state index in [1.807, 2.05) is 0 Å². The van der Waals surface area contributed by atoms with E-state index < -0.39 is 5.62 Å². The fourth-order valence-corrected chi connectivity index (χ4v) is 2.85. The molecule has 66 valence electrons. The Labute approximate surface area is 77.3 Å². The Kier molecular flexibility index (Phi) is 3.81. The van der Waals surface area contributed by atoms with Gasteiger partial charge in [0, 0.05) is 20.2 Å². The van der Waals surface area contributed by atoms with E-state index in [0.29, 0.717) is 0 Å². The van der Waals surface area contributed by atoms with Gasteiger partial charge in [-0.2, -0.15) is 0 Å². The number of hydrogen-bond donors (Lipinski definition) is 1. The highest BCUT2D eigenvalue weighted by Gasteiger charge is 2.23. The van der Waals surface area contributed by atoms with Gasteiger partial charge in [-0.15, -0.1) is 0 Å². The van der Waals surface area contributed by atoms with Gasteiger partial charge in [-0.1, -0.05) is 12.2 Å². The SMILES string of the molecule is COP(=S)(S)N1CCOCC1. The minimum Gasteiger partial charge on any atom is -0.379 e. The Bertz CT molecular complexity index is 172. The molecule has 0 N–H and O–H groups in total. The van der Waals surface area contributed by atoms with E-state index in [4.69, 9.17) is 21.1 Å². The standard InChI is InChI=1S/C5H12NO2PS2/c1-7-9(10,11)6-2-4-8-5-3-6/h2-5H2,1H3,(H,10,11). The van der Waals surface area contributed by atoms with Crippen LogP contribution in [0.5, 0.6) is 0 Å². The first kappa shape index (κ1) is 9.96. The van der Waals surface area contributed by atoms with Crippen molar-refractivity contribution in [2.45, 2.75) is 0 Å². The first-order chi connectivity index (χ1) is 5.17. The Morgan fingerprint density at radius 2 is 2.09 bits per heavy atom. The topological polar surface area (TPSA) is 21.7 Å². The van der Waals surface area contributed by atoms with Crippen LogP contribution < -0.4 is 0 Å². The lowest BCUT2D eigenvalue weighted by molar-refractivity contribution is 0.0718. The van der Waals surface area contributed by atoms with Crippen molar-refractivity contribution in [3.05, 3.63) is 0 Å². The molecular formula is C5H12NO2PS2. The third-order valence-corrected chi connectivity index (χ3v) is 5.56. The quantitative estimate of drug-likeness (QED) is 0.548. The van der Waals surface area contributed by atoms with Crippen LogP contribution in [-0.2, 0) is 21.1 Å². The van der Waals surface area contributed by atoms with Crippen LogP contribution in [0.3, 0.4) is 0 Å². The highest BCUT2D eigenvalue weighted by molar-refractivity contribution is 8.60. The number of rotatable bonds is 2. The van der Waals surface area contributed by atoms with Crippen molar-refractivity contribution in [2.75, 3.05) is 33.4 Å². The van der Waals surface area contributed by atoms with Gasteiger partial charge in [0.15, 0.2) is 5.62 Å². The average molecular weight is 213 g/mol. The summed E-state index contributed by atoms with van der Waals surface area (Å²) in [4.78, 5) is 0. The Balaban J connectivity index is 2.51. The van der Waals surface area contributed by atoms with Crippen molar-refractivity contribution in [2.24, 2.45) is 0 Å². The highest BCUT2D eigenvalue weighted by atomic mass is 32.9. The normalized spacial score (nSPS) is 26.4. The maximum Gasteiger partial charge on any atom is 0.185 e. The monoisotopic (exact) mass is 213 g/mol. The summed E-state index contributed by atoms with van der Waals surface area (Å²) in [5.74, 6) is 0. The van der Waals surface area contributed by atoms with E-state index in [1.165, 1.54) is 0 Å². The zero-order valence-electron chi connectivity index (χ0n) is 6.39. The molecule has 0 saturated carbocycles. The van der Waals surface area contributed by atoms with Crippen LogP contribution in [0.2, 0.25) is 0 Å². The number of morpholine rings is 1. The van der Waals surface area contributed by atoms with Crippen molar-refractivity contribution in [3.8, 4) is 0 Å². The summed E-state index contributed by atoms with van der Waals surface area (Å²) >= 11 is 9.49. The molecule has 0 amide bonds. The minimum atomic E-state index is -1.97. The summed E-state index contributed by atoms with van der Waals surface area (Å²) in [7, 11) is 1.61. The van der Waals surface area contributed by atoms with Crippen LogP contribution in [0, 0.1) is 0 Å². The Morgan fingerprint density at radius 3 is 2.55 bits per heavy atom. The number of ether oxygens (including phenoxy) is 1. The van der Waals surface area contributed by atoms with Gasteiger partial charge in [0.25, 0.3) is 0 Å². The highest BCUT2D eigenvalue weighted by Crippen LogP contribution is 2.54. The first-order valence-corrected chi connectivity index (χ1v) is 7.21. The van der Waals surface area contributed by atoms with Crippen molar-refractivity contribution < 1.29 is 9.26 Å². The molecule has 0 aliphatic carbocycles. The molecule has 1 atom stereocenters. The van der Waals surface area contributed by atoms with Crippen LogP contribution in [0.4, 0.5) is 0 Å². The van der Waals surface area contributed by atoms with Gasteiger partial charge in [-0.3, -0.25) is 0 Å². The molecule has 1 aliphatic heterocycles. The fourth-order valence-electron chi connectivity index (χ4n) is 0.922. The van der Waals surface area contributed by atoms with E-state index in [2.05, 4.69) is 16.9 Å². The van der Waals surface area contributed by atoms with Gasteiger partial charge in [0.2, 0.25) is 0 Å². The summed E-state index contributed by atoms with van der Waals surface area (Å²) < 4.78 is 12.4. The van der Waals surface area contributed by atoms with Crippen molar-refractivity contribution >= 4 is 29.7 Å². The largest absolute Gasteiger partial charge is 0.379 e. The van der Waals surface area contributed by atoms with Crippen LogP contribution in [0.25, 0.3) is 0 Å². The van der Waals surface area contributed by atoms with Crippen LogP contribution in [0.1, 0.15) is 0 Å².